The second-order valence-electron chi connectivity index (χ2n) is 3.53. The molecule has 0 radical (unpaired) electrons. The fourth-order valence-electron chi connectivity index (χ4n) is 1.64. The van der Waals surface area contributed by atoms with Gasteiger partial charge in [-0.15, -0.1) is 11.6 Å². The van der Waals surface area contributed by atoms with Gasteiger partial charge in [-0.2, -0.15) is 0 Å². The molecule has 1 unspecified atom stereocenters. The first-order valence-electron chi connectivity index (χ1n) is 4.58. The van der Waals surface area contributed by atoms with Crippen LogP contribution in [0.15, 0.2) is 12.1 Å². The van der Waals surface area contributed by atoms with Gasteiger partial charge in [0.15, 0.2) is 11.6 Å². The maximum Gasteiger partial charge on any atom is 0.228 e. The molecule has 1 aromatic rings. The van der Waals surface area contributed by atoms with Crippen molar-refractivity contribution < 1.29 is 18.0 Å². The predicted molar refractivity (Wildman–Crippen MR) is 52.9 cm³/mol. The quantitative estimate of drug-likeness (QED) is 0.553. The summed E-state index contributed by atoms with van der Waals surface area (Å²) in [6, 6.07) is 1.21. The van der Waals surface area contributed by atoms with Crippen LogP contribution in [-0.4, -0.2) is 17.8 Å². The molecule has 0 saturated carbocycles. The molecule has 1 fully saturated rings. The number of carbonyl (C=O) groups is 1. The molecular weight excluding hydrogens is 243 g/mol. The molecule has 1 heterocycles. The summed E-state index contributed by atoms with van der Waals surface area (Å²) in [4.78, 5) is 12.3. The molecule has 2 rings (SSSR count). The van der Waals surface area contributed by atoms with Gasteiger partial charge in [-0.05, 0) is 0 Å². The number of benzene rings is 1. The number of hydrogen-bond acceptors (Lipinski definition) is 1. The standard InChI is InChI=1S/C10H7ClF3NO/c11-5-1-9(16)15(4-5)8-3-6(12)2-7(13)10(8)14/h2-3,5H,1,4H2. The zero-order valence-corrected chi connectivity index (χ0v) is 8.77. The molecule has 1 amide bonds. The van der Waals surface area contributed by atoms with Crippen molar-refractivity contribution in [2.45, 2.75) is 11.8 Å². The highest BCUT2D eigenvalue weighted by atomic mass is 35.5. The molecule has 1 aliphatic rings. The van der Waals surface area contributed by atoms with Crippen molar-refractivity contribution in [1.82, 2.24) is 0 Å². The molecule has 1 saturated heterocycles. The first-order chi connectivity index (χ1) is 7.49. The van der Waals surface area contributed by atoms with Crippen LogP contribution in [0.1, 0.15) is 6.42 Å². The Morgan fingerprint density at radius 3 is 2.56 bits per heavy atom. The molecule has 2 nitrogen and oxygen atoms in total. The maximum absolute atomic E-state index is 13.4. The molecular formula is C10H7ClF3NO. The van der Waals surface area contributed by atoms with Gasteiger partial charge in [0.2, 0.25) is 5.91 Å². The lowest BCUT2D eigenvalue weighted by Crippen LogP contribution is -2.26. The Kier molecular flexibility index (Phi) is 2.80. The fourth-order valence-corrected chi connectivity index (χ4v) is 1.91. The van der Waals surface area contributed by atoms with Gasteiger partial charge < -0.3 is 4.90 Å². The van der Waals surface area contributed by atoms with Gasteiger partial charge in [-0.1, -0.05) is 0 Å². The summed E-state index contributed by atoms with van der Waals surface area (Å²) in [5.74, 6) is -3.93. The third kappa shape index (κ3) is 1.87. The second kappa shape index (κ2) is 3.97. The lowest BCUT2D eigenvalue weighted by Gasteiger charge is -2.16. The highest BCUT2D eigenvalue weighted by Gasteiger charge is 2.31. The number of anilines is 1. The molecule has 6 heteroatoms. The van der Waals surface area contributed by atoms with Gasteiger partial charge in [0.1, 0.15) is 5.82 Å². The highest BCUT2D eigenvalue weighted by molar-refractivity contribution is 6.24. The van der Waals surface area contributed by atoms with Crippen molar-refractivity contribution in [2.75, 3.05) is 11.4 Å². The molecule has 0 aliphatic carbocycles. The van der Waals surface area contributed by atoms with Crippen LogP contribution < -0.4 is 4.90 Å². The Morgan fingerprint density at radius 1 is 1.31 bits per heavy atom. The largest absolute Gasteiger partial charge is 0.308 e. The summed E-state index contributed by atoms with van der Waals surface area (Å²) < 4.78 is 39.2. The van der Waals surface area contributed by atoms with E-state index in [2.05, 4.69) is 0 Å². The number of amides is 1. The Bertz CT molecular complexity index is 452. The lowest BCUT2D eigenvalue weighted by atomic mass is 10.2. The molecule has 0 spiro atoms. The van der Waals surface area contributed by atoms with Crippen molar-refractivity contribution in [1.29, 1.82) is 0 Å². The predicted octanol–water partition coefficient (Wildman–Crippen LogP) is 2.45. The van der Waals surface area contributed by atoms with E-state index in [1.54, 1.807) is 0 Å². The zero-order valence-electron chi connectivity index (χ0n) is 8.01. The van der Waals surface area contributed by atoms with Crippen LogP contribution >= 0.6 is 11.6 Å². The molecule has 1 aliphatic heterocycles. The first kappa shape index (κ1) is 11.3. The molecule has 1 atom stereocenters. The van der Waals surface area contributed by atoms with E-state index in [4.69, 9.17) is 11.6 Å². The van der Waals surface area contributed by atoms with Crippen LogP contribution in [-0.2, 0) is 4.79 Å². The average molecular weight is 250 g/mol. The second-order valence-corrected chi connectivity index (χ2v) is 4.14. The lowest BCUT2D eigenvalue weighted by molar-refractivity contribution is -0.117. The van der Waals surface area contributed by atoms with E-state index in [1.807, 2.05) is 0 Å². The summed E-state index contributed by atoms with van der Waals surface area (Å²) in [7, 11) is 0. The van der Waals surface area contributed by atoms with Crippen LogP contribution in [0.5, 0.6) is 0 Å². The van der Waals surface area contributed by atoms with E-state index in [1.165, 1.54) is 0 Å². The van der Waals surface area contributed by atoms with Gasteiger partial charge >= 0.3 is 0 Å². The van der Waals surface area contributed by atoms with Crippen LogP contribution in [0, 0.1) is 17.5 Å². The topological polar surface area (TPSA) is 20.3 Å². The van der Waals surface area contributed by atoms with E-state index in [0.29, 0.717) is 6.07 Å². The van der Waals surface area contributed by atoms with Gasteiger partial charge in [0.05, 0.1) is 11.1 Å². The monoisotopic (exact) mass is 249 g/mol. The third-order valence-corrected chi connectivity index (χ3v) is 2.63. The number of alkyl halides is 1. The third-order valence-electron chi connectivity index (χ3n) is 2.34. The minimum absolute atomic E-state index is 0.0408. The van der Waals surface area contributed by atoms with E-state index in [0.717, 1.165) is 11.0 Å². The first-order valence-corrected chi connectivity index (χ1v) is 5.01. The van der Waals surface area contributed by atoms with E-state index in [-0.39, 0.29) is 13.0 Å². The number of nitrogens with zero attached hydrogens (tertiary/aromatic N) is 1. The average Bonchev–Trinajstić information content (AvgIpc) is 2.51. The van der Waals surface area contributed by atoms with E-state index in [9.17, 15) is 18.0 Å². The number of hydrogen-bond donors (Lipinski definition) is 0. The summed E-state index contributed by atoms with van der Waals surface area (Å²) >= 11 is 5.71. The summed E-state index contributed by atoms with van der Waals surface area (Å²) in [6.07, 6.45) is 0.0408. The van der Waals surface area contributed by atoms with Crippen LogP contribution in [0.3, 0.4) is 0 Å². The molecule has 16 heavy (non-hydrogen) atoms. The Balaban J connectivity index is 2.44. The van der Waals surface area contributed by atoms with E-state index >= 15 is 0 Å². The van der Waals surface area contributed by atoms with Crippen molar-refractivity contribution in [2.24, 2.45) is 0 Å². The van der Waals surface area contributed by atoms with Gasteiger partial charge in [0, 0.05) is 25.1 Å². The van der Waals surface area contributed by atoms with Gasteiger partial charge in [-0.3, -0.25) is 4.79 Å². The molecule has 86 valence electrons. The van der Waals surface area contributed by atoms with Crippen molar-refractivity contribution in [3.63, 3.8) is 0 Å². The highest BCUT2D eigenvalue weighted by Crippen LogP contribution is 2.28. The van der Waals surface area contributed by atoms with Crippen LogP contribution in [0.2, 0.25) is 0 Å². The van der Waals surface area contributed by atoms with Crippen molar-refractivity contribution >= 4 is 23.2 Å². The normalized spacial score (nSPS) is 20.6. The van der Waals surface area contributed by atoms with Crippen molar-refractivity contribution in [3.8, 4) is 0 Å². The number of carbonyl (C=O) groups excluding carboxylic acids is 1. The minimum atomic E-state index is -1.32. The number of halogens is 4. The smallest absolute Gasteiger partial charge is 0.228 e. The molecule has 0 N–H and O–H groups in total. The maximum atomic E-state index is 13.4. The zero-order chi connectivity index (χ0) is 11.9. The minimum Gasteiger partial charge on any atom is -0.308 e. The summed E-state index contributed by atoms with van der Waals surface area (Å²) in [6.45, 7) is 0.0558. The van der Waals surface area contributed by atoms with Gasteiger partial charge in [-0.25, -0.2) is 13.2 Å². The summed E-state index contributed by atoms with van der Waals surface area (Å²) in [5, 5.41) is -0.460. The summed E-state index contributed by atoms with van der Waals surface area (Å²) in [5.41, 5.74) is -0.398. The van der Waals surface area contributed by atoms with Crippen molar-refractivity contribution in [3.05, 3.63) is 29.6 Å². The molecule has 0 bridgehead atoms. The van der Waals surface area contributed by atoms with Gasteiger partial charge in [0.25, 0.3) is 0 Å². The Hall–Kier alpha value is -1.23. The fraction of sp³-hybridized carbons (Fsp3) is 0.300. The van der Waals surface area contributed by atoms with Crippen LogP contribution in [0.25, 0.3) is 0 Å². The number of rotatable bonds is 1. The Labute approximate surface area is 94.6 Å². The van der Waals surface area contributed by atoms with E-state index < -0.39 is 34.4 Å². The Morgan fingerprint density at radius 2 is 2.00 bits per heavy atom. The SMILES string of the molecule is O=C1CC(Cl)CN1c1cc(F)cc(F)c1F. The molecule has 1 aromatic carbocycles. The molecule has 0 aromatic heterocycles. The van der Waals surface area contributed by atoms with Crippen LogP contribution in [0.4, 0.5) is 18.9 Å².